The maximum absolute atomic E-state index is 13.1. The van der Waals surface area contributed by atoms with Crippen molar-refractivity contribution in [2.24, 2.45) is 0 Å². The highest BCUT2D eigenvalue weighted by molar-refractivity contribution is 6.52. The van der Waals surface area contributed by atoms with Crippen LogP contribution in [0, 0.1) is 6.92 Å². The van der Waals surface area contributed by atoms with E-state index in [9.17, 15) is 19.8 Å². The fourth-order valence-corrected chi connectivity index (χ4v) is 3.86. The quantitative estimate of drug-likeness (QED) is 0.376. The Morgan fingerprint density at radius 3 is 2.39 bits per heavy atom. The average molecular weight is 415 g/mol. The lowest BCUT2D eigenvalue weighted by Crippen LogP contribution is -2.29. The normalized spacial score (nSPS) is 17.7. The molecule has 6 nitrogen and oxygen atoms in total. The van der Waals surface area contributed by atoms with Crippen molar-refractivity contribution in [1.29, 1.82) is 0 Å². The zero-order chi connectivity index (χ0) is 22.1. The van der Waals surface area contributed by atoms with Gasteiger partial charge in [0.2, 0.25) is 0 Å². The standard InChI is InChI=1S/C25H21NO5/c1-15-8-3-4-11-18(15)22-21(23(28)16-9-7-10-17(14-16)31-2)24(29)25(30)26(22)19-12-5-6-13-20(19)27/h3-14,22,27-28H,1-2H3/b23-21+. The first-order valence-electron chi connectivity index (χ1n) is 9.73. The smallest absolute Gasteiger partial charge is 0.300 e. The van der Waals surface area contributed by atoms with Gasteiger partial charge in [-0.2, -0.15) is 0 Å². The van der Waals surface area contributed by atoms with Crippen LogP contribution in [-0.4, -0.2) is 29.0 Å². The molecule has 1 fully saturated rings. The molecule has 6 heteroatoms. The van der Waals surface area contributed by atoms with Crippen molar-refractivity contribution in [3.05, 3.63) is 95.1 Å². The summed E-state index contributed by atoms with van der Waals surface area (Å²) in [6.45, 7) is 1.87. The van der Waals surface area contributed by atoms with E-state index in [1.54, 1.807) is 54.6 Å². The predicted molar refractivity (Wildman–Crippen MR) is 117 cm³/mol. The number of anilines is 1. The number of carbonyl (C=O) groups excluding carboxylic acids is 2. The van der Waals surface area contributed by atoms with Gasteiger partial charge in [0.15, 0.2) is 0 Å². The van der Waals surface area contributed by atoms with Crippen LogP contribution >= 0.6 is 0 Å². The summed E-state index contributed by atoms with van der Waals surface area (Å²) in [5.74, 6) is -1.57. The Hall–Kier alpha value is -4.06. The first-order valence-corrected chi connectivity index (χ1v) is 9.73. The molecule has 0 radical (unpaired) electrons. The summed E-state index contributed by atoms with van der Waals surface area (Å²) in [5.41, 5.74) is 2.02. The van der Waals surface area contributed by atoms with Gasteiger partial charge in [0, 0.05) is 5.56 Å². The molecule has 156 valence electrons. The maximum Gasteiger partial charge on any atom is 0.300 e. The van der Waals surface area contributed by atoms with Crippen molar-refractivity contribution >= 4 is 23.1 Å². The van der Waals surface area contributed by atoms with E-state index in [2.05, 4.69) is 0 Å². The first kappa shape index (κ1) is 20.2. The van der Waals surface area contributed by atoms with Crippen LogP contribution < -0.4 is 9.64 Å². The molecule has 3 aromatic rings. The summed E-state index contributed by atoms with van der Waals surface area (Å²) in [6, 6.07) is 19.4. The average Bonchev–Trinajstić information content (AvgIpc) is 3.04. The molecule has 31 heavy (non-hydrogen) atoms. The van der Waals surface area contributed by atoms with Gasteiger partial charge in [0.1, 0.15) is 17.3 Å². The molecule has 1 heterocycles. The minimum absolute atomic E-state index is 0.0455. The Balaban J connectivity index is 1.99. The Morgan fingerprint density at radius 2 is 1.68 bits per heavy atom. The minimum atomic E-state index is -0.902. The number of aromatic hydroxyl groups is 1. The third-order valence-corrected chi connectivity index (χ3v) is 5.41. The Bertz CT molecular complexity index is 1210. The number of rotatable bonds is 4. The summed E-state index contributed by atoms with van der Waals surface area (Å²) < 4.78 is 5.22. The molecular formula is C25H21NO5. The number of amides is 1. The fraction of sp³-hybridized carbons (Fsp3) is 0.120. The van der Waals surface area contributed by atoms with E-state index in [-0.39, 0.29) is 22.8 Å². The van der Waals surface area contributed by atoms with Crippen LogP contribution in [-0.2, 0) is 9.59 Å². The molecule has 1 aliphatic heterocycles. The number of methoxy groups -OCH3 is 1. The lowest BCUT2D eigenvalue weighted by molar-refractivity contribution is -0.132. The van der Waals surface area contributed by atoms with Crippen LogP contribution in [0.2, 0.25) is 0 Å². The van der Waals surface area contributed by atoms with Crippen LogP contribution in [0.15, 0.2) is 78.4 Å². The van der Waals surface area contributed by atoms with E-state index < -0.39 is 17.7 Å². The molecule has 0 saturated carbocycles. The molecule has 1 saturated heterocycles. The number of benzene rings is 3. The summed E-state index contributed by atoms with van der Waals surface area (Å²) in [6.07, 6.45) is 0. The largest absolute Gasteiger partial charge is 0.507 e. The lowest BCUT2D eigenvalue weighted by atomic mass is 9.92. The monoisotopic (exact) mass is 415 g/mol. The number of ether oxygens (including phenoxy) is 1. The van der Waals surface area contributed by atoms with Crippen molar-refractivity contribution in [2.75, 3.05) is 12.0 Å². The number of hydrogen-bond donors (Lipinski definition) is 2. The highest BCUT2D eigenvalue weighted by atomic mass is 16.5. The third kappa shape index (κ3) is 3.42. The number of nitrogens with zero attached hydrogens (tertiary/aromatic N) is 1. The van der Waals surface area contributed by atoms with E-state index in [0.717, 1.165) is 5.56 Å². The summed E-state index contributed by atoms with van der Waals surface area (Å²) >= 11 is 0. The molecule has 0 bridgehead atoms. The van der Waals surface area contributed by atoms with Crippen molar-refractivity contribution in [1.82, 2.24) is 0 Å². The second-order valence-corrected chi connectivity index (χ2v) is 7.25. The number of ketones is 1. The minimum Gasteiger partial charge on any atom is -0.507 e. The topological polar surface area (TPSA) is 87.1 Å². The van der Waals surface area contributed by atoms with Crippen molar-refractivity contribution in [3.63, 3.8) is 0 Å². The number of Topliss-reactive ketones (excluding diaryl/α,β-unsaturated/α-hetero) is 1. The molecule has 1 atom stereocenters. The van der Waals surface area contributed by atoms with Crippen molar-refractivity contribution in [3.8, 4) is 11.5 Å². The number of para-hydroxylation sites is 2. The molecule has 0 spiro atoms. The molecule has 0 aromatic heterocycles. The number of phenolic OH excluding ortho intramolecular Hbond substituents is 1. The van der Waals surface area contributed by atoms with Crippen LogP contribution in [0.5, 0.6) is 11.5 Å². The molecule has 0 aliphatic carbocycles. The lowest BCUT2D eigenvalue weighted by Gasteiger charge is -2.27. The molecule has 2 N–H and O–H groups in total. The van der Waals surface area contributed by atoms with Gasteiger partial charge in [-0.15, -0.1) is 0 Å². The zero-order valence-corrected chi connectivity index (χ0v) is 17.1. The third-order valence-electron chi connectivity index (χ3n) is 5.41. The maximum atomic E-state index is 13.1. The SMILES string of the molecule is COc1cccc(/C(O)=C2\C(=O)C(=O)N(c3ccccc3O)C2c2ccccc2C)c1. The second kappa shape index (κ2) is 7.99. The van der Waals surface area contributed by atoms with Gasteiger partial charge in [0.05, 0.1) is 24.4 Å². The van der Waals surface area contributed by atoms with Gasteiger partial charge >= 0.3 is 0 Å². The molecule has 3 aromatic carbocycles. The molecule has 4 rings (SSSR count). The van der Waals surface area contributed by atoms with Gasteiger partial charge < -0.3 is 14.9 Å². The Labute approximate surface area is 179 Å². The number of aliphatic hydroxyl groups is 1. The Morgan fingerprint density at radius 1 is 0.968 bits per heavy atom. The van der Waals surface area contributed by atoms with Crippen LogP contribution in [0.1, 0.15) is 22.7 Å². The van der Waals surface area contributed by atoms with E-state index >= 15 is 0 Å². The van der Waals surface area contributed by atoms with Crippen molar-refractivity contribution < 1.29 is 24.5 Å². The number of phenols is 1. The highest BCUT2D eigenvalue weighted by Gasteiger charge is 2.48. The summed E-state index contributed by atoms with van der Waals surface area (Å²) in [5, 5.41) is 21.6. The van der Waals surface area contributed by atoms with Crippen LogP contribution in [0.4, 0.5) is 5.69 Å². The van der Waals surface area contributed by atoms with E-state index in [1.807, 2.05) is 19.1 Å². The Kier molecular flexibility index (Phi) is 5.21. The molecular weight excluding hydrogens is 394 g/mol. The van der Waals surface area contributed by atoms with Gasteiger partial charge in [-0.05, 0) is 42.3 Å². The van der Waals surface area contributed by atoms with Gasteiger partial charge in [-0.1, -0.05) is 48.5 Å². The fourth-order valence-electron chi connectivity index (χ4n) is 3.86. The number of aryl methyl sites for hydroxylation is 1. The predicted octanol–water partition coefficient (Wildman–Crippen LogP) is 4.34. The van der Waals surface area contributed by atoms with Gasteiger partial charge in [0.25, 0.3) is 11.7 Å². The molecule has 1 amide bonds. The molecule has 1 unspecified atom stereocenters. The van der Waals surface area contributed by atoms with Crippen LogP contribution in [0.3, 0.4) is 0 Å². The van der Waals surface area contributed by atoms with Crippen molar-refractivity contribution in [2.45, 2.75) is 13.0 Å². The molecule has 1 aliphatic rings. The van der Waals surface area contributed by atoms with Gasteiger partial charge in [-0.25, -0.2) is 0 Å². The first-order chi connectivity index (χ1) is 14.9. The highest BCUT2D eigenvalue weighted by Crippen LogP contribution is 2.45. The summed E-state index contributed by atoms with van der Waals surface area (Å²) in [4.78, 5) is 27.5. The number of hydrogen-bond acceptors (Lipinski definition) is 5. The summed E-state index contributed by atoms with van der Waals surface area (Å²) in [7, 11) is 1.50. The van der Waals surface area contributed by atoms with Gasteiger partial charge in [-0.3, -0.25) is 14.5 Å². The van der Waals surface area contributed by atoms with E-state index in [4.69, 9.17) is 4.74 Å². The van der Waals surface area contributed by atoms with E-state index in [1.165, 1.54) is 18.1 Å². The zero-order valence-electron chi connectivity index (χ0n) is 17.1. The second-order valence-electron chi connectivity index (χ2n) is 7.25. The van der Waals surface area contributed by atoms with Crippen LogP contribution in [0.25, 0.3) is 5.76 Å². The van der Waals surface area contributed by atoms with E-state index in [0.29, 0.717) is 16.9 Å². The number of aliphatic hydroxyl groups excluding tert-OH is 1. The number of carbonyl (C=O) groups is 2.